The van der Waals surface area contributed by atoms with Crippen molar-refractivity contribution < 1.29 is 9.53 Å². The molecule has 0 aliphatic heterocycles. The van der Waals surface area contributed by atoms with E-state index in [9.17, 15) is 4.79 Å². The predicted molar refractivity (Wildman–Crippen MR) is 83.0 cm³/mol. The van der Waals surface area contributed by atoms with Gasteiger partial charge in [0.15, 0.2) is 0 Å². The number of benzene rings is 2. The molecule has 0 unspecified atom stereocenters. The Kier molecular flexibility index (Phi) is 4.79. The zero-order valence-corrected chi connectivity index (χ0v) is 12.1. The molecular weight excluding hydrogens is 290 g/mol. The van der Waals surface area contributed by atoms with Crippen LogP contribution < -0.4 is 15.9 Å². The second-order valence-corrected chi connectivity index (χ2v) is 4.72. The van der Waals surface area contributed by atoms with Crippen LogP contribution in [0.4, 0.5) is 4.79 Å². The summed E-state index contributed by atoms with van der Waals surface area (Å²) in [5.41, 5.74) is 8.78. The van der Waals surface area contributed by atoms with Gasteiger partial charge in [0.2, 0.25) is 0 Å². The normalized spacial score (nSPS) is 10.6. The summed E-state index contributed by atoms with van der Waals surface area (Å²) in [7, 11) is 0. The average molecular weight is 304 g/mol. The van der Waals surface area contributed by atoms with Gasteiger partial charge in [-0.3, -0.25) is 0 Å². The molecule has 2 aromatic carbocycles. The molecule has 6 heteroatoms. The Morgan fingerprint density at radius 3 is 2.52 bits per heavy atom. The Morgan fingerprint density at radius 1 is 1.24 bits per heavy atom. The molecule has 0 saturated carbocycles. The van der Waals surface area contributed by atoms with Crippen molar-refractivity contribution >= 4 is 23.8 Å². The number of carbonyl (C=O) groups excluding carboxylic acids is 1. The van der Waals surface area contributed by atoms with Gasteiger partial charge in [0.25, 0.3) is 0 Å². The van der Waals surface area contributed by atoms with Crippen molar-refractivity contribution in [3.63, 3.8) is 0 Å². The molecule has 2 aromatic rings. The van der Waals surface area contributed by atoms with E-state index in [1.165, 1.54) is 6.21 Å². The molecule has 0 spiro atoms. The van der Waals surface area contributed by atoms with Crippen LogP contribution in [0.15, 0.2) is 47.6 Å². The molecule has 2 amide bonds. The van der Waals surface area contributed by atoms with Crippen LogP contribution in [0.1, 0.15) is 11.1 Å². The number of ether oxygens (including phenoxy) is 1. The molecular formula is C15H14ClN3O2. The van der Waals surface area contributed by atoms with Crippen LogP contribution in [-0.2, 0) is 0 Å². The Morgan fingerprint density at radius 2 is 1.90 bits per heavy atom. The van der Waals surface area contributed by atoms with E-state index in [4.69, 9.17) is 22.1 Å². The zero-order chi connectivity index (χ0) is 15.2. The Balaban J connectivity index is 2.03. The van der Waals surface area contributed by atoms with Crippen LogP contribution in [-0.4, -0.2) is 12.2 Å². The molecule has 0 bridgehead atoms. The SMILES string of the molecule is Cc1cc(Oc2ccc(/C=N\NC(N)=O)cc2)ccc1Cl. The number of amides is 2. The number of nitrogens with two attached hydrogens (primary N) is 1. The van der Waals surface area contributed by atoms with E-state index in [2.05, 4.69) is 10.5 Å². The number of urea groups is 1. The third kappa shape index (κ3) is 4.50. The standard InChI is InChI=1S/C15H14ClN3O2/c1-10-8-13(6-7-14(10)16)21-12-4-2-11(3-5-12)9-18-19-15(17)20/h2-9H,1H3,(H3,17,19,20)/b18-9-. The van der Waals surface area contributed by atoms with Crippen molar-refractivity contribution in [2.45, 2.75) is 6.92 Å². The third-order valence-electron chi connectivity index (χ3n) is 2.63. The lowest BCUT2D eigenvalue weighted by Gasteiger charge is -2.07. The summed E-state index contributed by atoms with van der Waals surface area (Å²) < 4.78 is 5.72. The fourth-order valence-corrected chi connectivity index (χ4v) is 1.73. The average Bonchev–Trinajstić information content (AvgIpc) is 2.44. The van der Waals surface area contributed by atoms with Crippen LogP contribution in [0.25, 0.3) is 0 Å². The summed E-state index contributed by atoms with van der Waals surface area (Å²) in [6.07, 6.45) is 1.49. The first kappa shape index (κ1) is 14.9. The fraction of sp³-hybridized carbons (Fsp3) is 0.0667. The predicted octanol–water partition coefficient (Wildman–Crippen LogP) is 3.44. The first-order chi connectivity index (χ1) is 10.0. The minimum absolute atomic E-state index is 0.691. The monoisotopic (exact) mass is 303 g/mol. The van der Waals surface area contributed by atoms with Crippen LogP contribution in [0.2, 0.25) is 5.02 Å². The summed E-state index contributed by atoms with van der Waals surface area (Å²) in [6, 6.07) is 12.0. The summed E-state index contributed by atoms with van der Waals surface area (Å²) in [5.74, 6) is 1.41. The van der Waals surface area contributed by atoms with Crippen LogP contribution >= 0.6 is 11.6 Å². The highest BCUT2D eigenvalue weighted by Crippen LogP contribution is 2.25. The first-order valence-corrected chi connectivity index (χ1v) is 6.55. The number of hydrogen-bond acceptors (Lipinski definition) is 3. The molecule has 0 fully saturated rings. The highest BCUT2D eigenvalue weighted by atomic mass is 35.5. The quantitative estimate of drug-likeness (QED) is 0.670. The van der Waals surface area contributed by atoms with Gasteiger partial charge < -0.3 is 10.5 Å². The second-order valence-electron chi connectivity index (χ2n) is 4.32. The van der Waals surface area contributed by atoms with E-state index in [1.54, 1.807) is 18.2 Å². The van der Waals surface area contributed by atoms with Crippen molar-refractivity contribution in [1.29, 1.82) is 0 Å². The van der Waals surface area contributed by atoms with Crippen LogP contribution in [0.3, 0.4) is 0 Å². The van der Waals surface area contributed by atoms with E-state index < -0.39 is 6.03 Å². The number of nitrogens with zero attached hydrogens (tertiary/aromatic N) is 1. The molecule has 0 heterocycles. The third-order valence-corrected chi connectivity index (χ3v) is 3.06. The number of aryl methyl sites for hydroxylation is 1. The van der Waals surface area contributed by atoms with Gasteiger partial charge in [-0.05, 0) is 60.5 Å². The molecule has 5 nitrogen and oxygen atoms in total. The molecule has 0 aliphatic rings. The van der Waals surface area contributed by atoms with Crippen LogP contribution in [0, 0.1) is 6.92 Å². The molecule has 21 heavy (non-hydrogen) atoms. The molecule has 0 atom stereocenters. The highest BCUT2D eigenvalue weighted by Gasteiger charge is 2.00. The molecule has 0 aromatic heterocycles. The Labute approximate surface area is 127 Å². The van der Waals surface area contributed by atoms with Gasteiger partial charge in [-0.25, -0.2) is 10.2 Å². The van der Waals surface area contributed by atoms with E-state index in [0.717, 1.165) is 11.1 Å². The number of hydrazone groups is 1. The van der Waals surface area contributed by atoms with E-state index >= 15 is 0 Å². The maximum absolute atomic E-state index is 10.5. The van der Waals surface area contributed by atoms with Crippen molar-refractivity contribution in [2.75, 3.05) is 0 Å². The number of rotatable bonds is 4. The van der Waals surface area contributed by atoms with E-state index in [1.807, 2.05) is 31.2 Å². The first-order valence-electron chi connectivity index (χ1n) is 6.17. The van der Waals surface area contributed by atoms with Gasteiger partial charge in [-0.1, -0.05) is 11.6 Å². The largest absolute Gasteiger partial charge is 0.457 e. The van der Waals surface area contributed by atoms with Gasteiger partial charge >= 0.3 is 6.03 Å². The highest BCUT2D eigenvalue weighted by molar-refractivity contribution is 6.31. The second kappa shape index (κ2) is 6.76. The minimum atomic E-state index is -0.704. The number of carbonyl (C=O) groups is 1. The summed E-state index contributed by atoms with van der Waals surface area (Å²) in [6.45, 7) is 1.92. The van der Waals surface area contributed by atoms with E-state index in [-0.39, 0.29) is 0 Å². The van der Waals surface area contributed by atoms with Crippen molar-refractivity contribution in [1.82, 2.24) is 5.43 Å². The molecule has 2 rings (SSSR count). The Bertz CT molecular complexity index is 669. The van der Waals surface area contributed by atoms with Gasteiger partial charge in [-0.15, -0.1) is 0 Å². The molecule has 0 saturated heterocycles. The minimum Gasteiger partial charge on any atom is -0.457 e. The maximum atomic E-state index is 10.5. The lowest BCUT2D eigenvalue weighted by molar-refractivity contribution is 0.249. The van der Waals surface area contributed by atoms with Gasteiger partial charge in [-0.2, -0.15) is 5.10 Å². The van der Waals surface area contributed by atoms with Crippen molar-refractivity contribution in [3.05, 3.63) is 58.6 Å². The molecule has 3 N–H and O–H groups in total. The Hall–Kier alpha value is -2.53. The zero-order valence-electron chi connectivity index (χ0n) is 11.3. The van der Waals surface area contributed by atoms with Gasteiger partial charge in [0, 0.05) is 5.02 Å². The summed E-state index contributed by atoms with van der Waals surface area (Å²) in [4.78, 5) is 10.5. The van der Waals surface area contributed by atoms with E-state index in [0.29, 0.717) is 16.5 Å². The lowest BCUT2D eigenvalue weighted by Crippen LogP contribution is -2.24. The smallest absolute Gasteiger partial charge is 0.332 e. The maximum Gasteiger partial charge on any atom is 0.332 e. The number of primary amides is 1. The van der Waals surface area contributed by atoms with Gasteiger partial charge in [0.1, 0.15) is 11.5 Å². The van der Waals surface area contributed by atoms with Crippen molar-refractivity contribution in [3.8, 4) is 11.5 Å². The summed E-state index contributed by atoms with van der Waals surface area (Å²) >= 11 is 5.97. The number of nitrogens with one attached hydrogen (secondary N) is 1. The topological polar surface area (TPSA) is 76.7 Å². The summed E-state index contributed by atoms with van der Waals surface area (Å²) in [5, 5.41) is 4.38. The van der Waals surface area contributed by atoms with Gasteiger partial charge in [0.05, 0.1) is 6.21 Å². The number of hydrogen-bond donors (Lipinski definition) is 2. The molecule has 0 radical (unpaired) electrons. The molecule has 108 valence electrons. The number of halogens is 1. The lowest BCUT2D eigenvalue weighted by atomic mass is 10.2. The fourth-order valence-electron chi connectivity index (χ4n) is 1.61. The molecule has 0 aliphatic carbocycles. The van der Waals surface area contributed by atoms with Crippen molar-refractivity contribution in [2.24, 2.45) is 10.8 Å². The van der Waals surface area contributed by atoms with Crippen LogP contribution in [0.5, 0.6) is 11.5 Å².